The molecule has 0 radical (unpaired) electrons. The Morgan fingerprint density at radius 3 is 2.70 bits per heavy atom. The number of carbonyl (C=O) groups is 3. The molecule has 1 saturated heterocycles. The predicted octanol–water partition coefficient (Wildman–Crippen LogP) is 3.81. The molecule has 1 aromatic heterocycles. The maximum absolute atomic E-state index is 14.2. The molecule has 0 aliphatic carbocycles. The van der Waals surface area contributed by atoms with Gasteiger partial charge in [-0.1, -0.05) is 44.2 Å². The predicted molar refractivity (Wildman–Crippen MR) is 136 cm³/mol. The monoisotopic (exact) mass is 501 g/mol. The van der Waals surface area contributed by atoms with Crippen LogP contribution in [0.25, 0.3) is 10.9 Å². The number of nitriles is 1. The molecule has 3 atom stereocenters. The highest BCUT2D eigenvalue weighted by atomic mass is 19.1. The van der Waals surface area contributed by atoms with Gasteiger partial charge in [-0.05, 0) is 36.1 Å². The van der Waals surface area contributed by atoms with E-state index in [1.54, 1.807) is 25.2 Å². The average Bonchev–Trinajstić information content (AvgIpc) is 3.56. The van der Waals surface area contributed by atoms with Gasteiger partial charge in [0.1, 0.15) is 23.6 Å². The van der Waals surface area contributed by atoms with E-state index in [4.69, 9.17) is 0 Å². The van der Waals surface area contributed by atoms with Crippen LogP contribution in [-0.2, 0) is 15.0 Å². The summed E-state index contributed by atoms with van der Waals surface area (Å²) < 4.78 is 14.2. The second kappa shape index (κ2) is 9.04. The van der Waals surface area contributed by atoms with Crippen molar-refractivity contribution in [3.05, 3.63) is 65.6 Å². The maximum Gasteiger partial charge on any atom is 0.270 e. The van der Waals surface area contributed by atoms with Gasteiger partial charge in [-0.3, -0.25) is 14.4 Å². The Hall–Kier alpha value is -4.19. The molecule has 1 unspecified atom stereocenters. The largest absolute Gasteiger partial charge is 0.348 e. The van der Waals surface area contributed by atoms with Crippen LogP contribution in [0.2, 0.25) is 0 Å². The van der Waals surface area contributed by atoms with Crippen molar-refractivity contribution in [1.29, 1.82) is 5.26 Å². The minimum Gasteiger partial charge on any atom is -0.348 e. The number of nitrogens with one attached hydrogen (secondary N) is 2. The Morgan fingerprint density at radius 2 is 2.00 bits per heavy atom. The first-order chi connectivity index (χ1) is 17.7. The molecule has 5 rings (SSSR count). The summed E-state index contributed by atoms with van der Waals surface area (Å²) in [5.41, 5.74) is 0.855. The van der Waals surface area contributed by atoms with Crippen LogP contribution in [0.15, 0.2) is 48.5 Å². The van der Waals surface area contributed by atoms with E-state index in [-0.39, 0.29) is 41.9 Å². The molecule has 0 bridgehead atoms. The number of rotatable bonds is 5. The summed E-state index contributed by atoms with van der Waals surface area (Å²) in [6, 6.07) is 14.0. The molecule has 2 N–H and O–H groups in total. The molecule has 3 amide bonds. The Kier molecular flexibility index (Phi) is 5.98. The molecule has 9 heteroatoms. The number of benzene rings is 2. The average molecular weight is 502 g/mol. The summed E-state index contributed by atoms with van der Waals surface area (Å²) >= 11 is 0. The lowest BCUT2D eigenvalue weighted by atomic mass is 9.80. The molecule has 3 aromatic rings. The highest BCUT2D eigenvalue weighted by Crippen LogP contribution is 2.46. The molecule has 37 heavy (non-hydrogen) atoms. The first kappa shape index (κ1) is 24.5. The molecule has 2 aliphatic heterocycles. The first-order valence-corrected chi connectivity index (χ1v) is 12.3. The summed E-state index contributed by atoms with van der Waals surface area (Å²) in [6.07, 6.45) is 0.547. The van der Waals surface area contributed by atoms with Crippen LogP contribution in [0.1, 0.15) is 42.7 Å². The Morgan fingerprint density at radius 1 is 1.24 bits per heavy atom. The molecule has 2 aliphatic rings. The third-order valence-corrected chi connectivity index (χ3v) is 7.52. The highest BCUT2D eigenvalue weighted by Gasteiger charge is 2.56. The van der Waals surface area contributed by atoms with Gasteiger partial charge in [0, 0.05) is 31.1 Å². The number of hydrogen-bond donors (Lipinski definition) is 2. The zero-order valence-corrected chi connectivity index (χ0v) is 20.9. The Labute approximate surface area is 214 Å². The van der Waals surface area contributed by atoms with Crippen molar-refractivity contribution in [2.24, 2.45) is 5.92 Å². The van der Waals surface area contributed by atoms with E-state index in [0.717, 1.165) is 5.56 Å². The van der Waals surface area contributed by atoms with Crippen LogP contribution in [0.4, 0.5) is 10.1 Å². The number of likely N-dealkylation sites (N-methyl/N-ethyl adjacent to an activating group) is 1. The zero-order chi connectivity index (χ0) is 26.5. The lowest BCUT2D eigenvalue weighted by Gasteiger charge is -2.33. The van der Waals surface area contributed by atoms with Gasteiger partial charge in [0.2, 0.25) is 11.8 Å². The second-order valence-corrected chi connectivity index (χ2v) is 10.3. The molecule has 1 fully saturated rings. The number of H-pyrrole nitrogens is 1. The van der Waals surface area contributed by atoms with Gasteiger partial charge in [0.15, 0.2) is 0 Å². The van der Waals surface area contributed by atoms with E-state index in [2.05, 4.69) is 16.4 Å². The van der Waals surface area contributed by atoms with E-state index in [1.807, 2.05) is 38.1 Å². The lowest BCUT2D eigenvalue weighted by Crippen LogP contribution is -2.52. The van der Waals surface area contributed by atoms with Crippen molar-refractivity contribution in [3.63, 3.8) is 0 Å². The minimum atomic E-state index is -1.01. The number of amides is 3. The number of likely N-dealkylation sites (tertiary alicyclic amines) is 1. The van der Waals surface area contributed by atoms with Crippen molar-refractivity contribution >= 4 is 34.3 Å². The topological polar surface area (TPSA) is 109 Å². The van der Waals surface area contributed by atoms with Gasteiger partial charge in [0.05, 0.1) is 17.0 Å². The fraction of sp³-hybridized carbons (Fsp3) is 0.357. The summed E-state index contributed by atoms with van der Waals surface area (Å²) in [4.78, 5) is 46.2. The van der Waals surface area contributed by atoms with E-state index in [0.29, 0.717) is 17.5 Å². The number of aromatic nitrogens is 1. The summed E-state index contributed by atoms with van der Waals surface area (Å²) in [5, 5.41) is 13.4. The van der Waals surface area contributed by atoms with Gasteiger partial charge in [-0.15, -0.1) is 0 Å². The number of hydrogen-bond acceptors (Lipinski definition) is 4. The third kappa shape index (κ3) is 3.93. The Bertz CT molecular complexity index is 1460. The van der Waals surface area contributed by atoms with E-state index < -0.39 is 29.2 Å². The van der Waals surface area contributed by atoms with Crippen molar-refractivity contribution in [2.45, 2.75) is 44.2 Å². The quantitative estimate of drug-likeness (QED) is 0.554. The van der Waals surface area contributed by atoms with Crippen LogP contribution in [0.3, 0.4) is 0 Å². The van der Waals surface area contributed by atoms with Gasteiger partial charge >= 0.3 is 0 Å². The van der Waals surface area contributed by atoms with Crippen molar-refractivity contribution in [3.8, 4) is 6.07 Å². The van der Waals surface area contributed by atoms with Crippen molar-refractivity contribution in [1.82, 2.24) is 14.8 Å². The SMILES string of the molecule is CC(C)C[C@@H](C(=O)N1C[C@]2(CC1C#N)C(=O)Nc1ccccc12)N(C)C(=O)c1cc2cccc(F)c2[nH]1. The van der Waals surface area contributed by atoms with Crippen molar-refractivity contribution in [2.75, 3.05) is 18.9 Å². The van der Waals surface area contributed by atoms with Crippen LogP contribution in [0, 0.1) is 23.1 Å². The number of nitrogens with zero attached hydrogens (tertiary/aromatic N) is 3. The standard InChI is InChI=1S/C28H28FN5O3/c1-16(2)11-23(33(3)25(35)22-12-17-7-6-9-20(29)24(17)31-22)26(36)34-15-28(13-18(34)14-30)19-8-4-5-10-21(19)32-27(28)37/h4-10,12,16,18,23,31H,11,13,15H2,1-3H3,(H,32,37)/t18?,23-,28-/m0/s1. The number of anilines is 1. The minimum absolute atomic E-state index is 0.0567. The fourth-order valence-corrected chi connectivity index (χ4v) is 5.61. The van der Waals surface area contributed by atoms with Crippen LogP contribution >= 0.6 is 0 Å². The number of aromatic amines is 1. The third-order valence-electron chi connectivity index (χ3n) is 7.52. The van der Waals surface area contributed by atoms with Gasteiger partial charge in [0.25, 0.3) is 5.91 Å². The summed E-state index contributed by atoms with van der Waals surface area (Å²) in [7, 11) is 1.54. The maximum atomic E-state index is 14.2. The fourth-order valence-electron chi connectivity index (χ4n) is 5.61. The molecular formula is C28H28FN5O3. The number of fused-ring (bicyclic) bond motifs is 3. The van der Waals surface area contributed by atoms with Gasteiger partial charge < -0.3 is 20.1 Å². The smallest absolute Gasteiger partial charge is 0.270 e. The molecule has 1 spiro atoms. The number of para-hydroxylation sites is 2. The number of halogens is 1. The van der Waals surface area contributed by atoms with E-state index >= 15 is 0 Å². The second-order valence-electron chi connectivity index (χ2n) is 10.3. The summed E-state index contributed by atoms with van der Waals surface area (Å²) in [6.45, 7) is 3.96. The van der Waals surface area contributed by atoms with E-state index in [9.17, 15) is 24.0 Å². The van der Waals surface area contributed by atoms with Crippen LogP contribution in [-0.4, -0.2) is 58.2 Å². The molecule has 8 nitrogen and oxygen atoms in total. The van der Waals surface area contributed by atoms with Crippen molar-refractivity contribution < 1.29 is 18.8 Å². The van der Waals surface area contributed by atoms with Gasteiger partial charge in [-0.25, -0.2) is 4.39 Å². The number of carbonyl (C=O) groups excluding carboxylic acids is 3. The molecule has 2 aromatic carbocycles. The Balaban J connectivity index is 1.46. The normalized spacial score (nSPS) is 21.2. The molecule has 3 heterocycles. The van der Waals surface area contributed by atoms with Crippen LogP contribution < -0.4 is 5.32 Å². The lowest BCUT2D eigenvalue weighted by molar-refractivity contribution is -0.136. The summed E-state index contributed by atoms with van der Waals surface area (Å²) in [5.74, 6) is -1.47. The van der Waals surface area contributed by atoms with E-state index in [1.165, 1.54) is 15.9 Å². The molecule has 0 saturated carbocycles. The first-order valence-electron chi connectivity index (χ1n) is 12.3. The molecular weight excluding hydrogens is 473 g/mol. The molecule has 190 valence electrons. The zero-order valence-electron chi connectivity index (χ0n) is 20.9. The highest BCUT2D eigenvalue weighted by molar-refractivity contribution is 6.07. The van der Waals surface area contributed by atoms with Gasteiger partial charge in [-0.2, -0.15) is 5.26 Å². The van der Waals surface area contributed by atoms with Crippen LogP contribution in [0.5, 0.6) is 0 Å².